The Kier molecular flexibility index (Phi) is 3.93. The van der Waals surface area contributed by atoms with Gasteiger partial charge in [-0.05, 0) is 17.5 Å². The maximum atomic E-state index is 5.88. The van der Waals surface area contributed by atoms with E-state index in [1.807, 2.05) is 30.3 Å². The third-order valence-electron chi connectivity index (χ3n) is 2.79. The number of hydrogen-bond donors (Lipinski definition) is 1. The van der Waals surface area contributed by atoms with Gasteiger partial charge in [0.15, 0.2) is 0 Å². The van der Waals surface area contributed by atoms with Crippen molar-refractivity contribution < 1.29 is 4.74 Å². The van der Waals surface area contributed by atoms with Crippen molar-refractivity contribution in [1.82, 2.24) is 14.9 Å². The molecule has 0 radical (unpaired) electrons. The standard InChI is InChI=1S/C14H14N4OS/c1-2-6-14(19-9-13-5-3-7-20-13)12(4-1)8-17-18-10-15-16-11-18/h1-7,10-11,17H,8-9H2. The topological polar surface area (TPSA) is 52.0 Å². The molecule has 0 saturated heterocycles. The number of para-hydroxylation sites is 1. The molecular formula is C14H14N4OS. The van der Waals surface area contributed by atoms with Gasteiger partial charge in [0.2, 0.25) is 0 Å². The minimum Gasteiger partial charge on any atom is -0.488 e. The number of nitrogens with zero attached hydrogens (tertiary/aromatic N) is 3. The third kappa shape index (κ3) is 3.16. The van der Waals surface area contributed by atoms with Gasteiger partial charge in [0.25, 0.3) is 0 Å². The molecule has 0 atom stereocenters. The number of rotatable bonds is 6. The molecule has 0 saturated carbocycles. The van der Waals surface area contributed by atoms with Gasteiger partial charge in [-0.3, -0.25) is 0 Å². The van der Waals surface area contributed by atoms with Crippen LogP contribution in [0.5, 0.6) is 5.75 Å². The Morgan fingerprint density at radius 3 is 2.75 bits per heavy atom. The molecule has 0 aliphatic rings. The molecule has 0 aliphatic heterocycles. The summed E-state index contributed by atoms with van der Waals surface area (Å²) in [5.41, 5.74) is 4.28. The quantitative estimate of drug-likeness (QED) is 0.757. The summed E-state index contributed by atoms with van der Waals surface area (Å²) in [4.78, 5) is 1.21. The maximum absolute atomic E-state index is 5.88. The summed E-state index contributed by atoms with van der Waals surface area (Å²) in [6.07, 6.45) is 3.24. The highest BCUT2D eigenvalue weighted by Crippen LogP contribution is 2.20. The van der Waals surface area contributed by atoms with Crippen LogP contribution >= 0.6 is 11.3 Å². The number of ether oxygens (including phenoxy) is 1. The van der Waals surface area contributed by atoms with Crippen LogP contribution in [0.2, 0.25) is 0 Å². The smallest absolute Gasteiger partial charge is 0.138 e. The lowest BCUT2D eigenvalue weighted by atomic mass is 10.2. The Balaban J connectivity index is 1.64. The lowest BCUT2D eigenvalue weighted by Crippen LogP contribution is -2.13. The molecular weight excluding hydrogens is 272 g/mol. The molecule has 0 amide bonds. The first-order valence-corrected chi connectivity index (χ1v) is 7.11. The molecule has 3 rings (SSSR count). The van der Waals surface area contributed by atoms with E-state index in [1.54, 1.807) is 28.7 Å². The van der Waals surface area contributed by atoms with Crippen molar-refractivity contribution in [2.45, 2.75) is 13.2 Å². The molecule has 1 aromatic carbocycles. The highest BCUT2D eigenvalue weighted by atomic mass is 32.1. The normalized spacial score (nSPS) is 10.4. The van der Waals surface area contributed by atoms with Gasteiger partial charge in [-0.2, -0.15) is 0 Å². The lowest BCUT2D eigenvalue weighted by Gasteiger charge is -2.12. The van der Waals surface area contributed by atoms with E-state index in [0.29, 0.717) is 13.2 Å². The van der Waals surface area contributed by atoms with Crippen LogP contribution in [-0.4, -0.2) is 14.9 Å². The summed E-state index contributed by atoms with van der Waals surface area (Å²) in [6, 6.07) is 12.1. The second-order valence-electron chi connectivity index (χ2n) is 4.18. The Labute approximate surface area is 120 Å². The van der Waals surface area contributed by atoms with E-state index in [1.165, 1.54) is 4.88 Å². The number of benzene rings is 1. The summed E-state index contributed by atoms with van der Waals surface area (Å²) in [5.74, 6) is 0.890. The molecule has 102 valence electrons. The summed E-state index contributed by atoms with van der Waals surface area (Å²) in [6.45, 7) is 1.25. The van der Waals surface area contributed by atoms with Gasteiger partial charge in [0.1, 0.15) is 25.0 Å². The Morgan fingerprint density at radius 1 is 1.10 bits per heavy atom. The van der Waals surface area contributed by atoms with E-state index < -0.39 is 0 Å². The first kappa shape index (κ1) is 12.7. The van der Waals surface area contributed by atoms with Gasteiger partial charge < -0.3 is 10.2 Å². The van der Waals surface area contributed by atoms with E-state index >= 15 is 0 Å². The Bertz CT molecular complexity index is 580. The van der Waals surface area contributed by atoms with E-state index in [4.69, 9.17) is 4.74 Å². The third-order valence-corrected chi connectivity index (χ3v) is 3.64. The van der Waals surface area contributed by atoms with Crippen molar-refractivity contribution in [3.63, 3.8) is 0 Å². The van der Waals surface area contributed by atoms with Gasteiger partial charge >= 0.3 is 0 Å². The fraction of sp³-hybridized carbons (Fsp3) is 0.143. The van der Waals surface area contributed by atoms with Gasteiger partial charge in [-0.25, -0.2) is 4.68 Å². The van der Waals surface area contributed by atoms with Gasteiger partial charge in [0, 0.05) is 10.4 Å². The molecule has 6 heteroatoms. The summed E-state index contributed by atoms with van der Waals surface area (Å²) < 4.78 is 7.60. The number of thiophene rings is 1. The predicted octanol–water partition coefficient (Wildman–Crippen LogP) is 2.66. The number of nitrogens with one attached hydrogen (secondary N) is 1. The predicted molar refractivity (Wildman–Crippen MR) is 78.2 cm³/mol. The second-order valence-corrected chi connectivity index (χ2v) is 5.21. The van der Waals surface area contributed by atoms with Crippen molar-refractivity contribution in [3.8, 4) is 5.75 Å². The molecule has 5 nitrogen and oxygen atoms in total. The van der Waals surface area contributed by atoms with Crippen LogP contribution in [0.4, 0.5) is 0 Å². The summed E-state index contributed by atoms with van der Waals surface area (Å²) in [5, 5.41) is 9.55. The fourth-order valence-corrected chi connectivity index (χ4v) is 2.41. The van der Waals surface area contributed by atoms with Crippen LogP contribution in [0, 0.1) is 0 Å². The van der Waals surface area contributed by atoms with E-state index in [0.717, 1.165) is 11.3 Å². The average Bonchev–Trinajstić information content (AvgIpc) is 3.17. The largest absolute Gasteiger partial charge is 0.488 e. The molecule has 0 unspecified atom stereocenters. The minimum atomic E-state index is 0.599. The van der Waals surface area contributed by atoms with Crippen molar-refractivity contribution in [2.75, 3.05) is 5.43 Å². The highest BCUT2D eigenvalue weighted by Gasteiger charge is 2.04. The molecule has 2 aromatic heterocycles. The van der Waals surface area contributed by atoms with Crippen LogP contribution in [0.25, 0.3) is 0 Å². The fourth-order valence-electron chi connectivity index (χ4n) is 1.79. The molecule has 2 heterocycles. The molecule has 0 spiro atoms. The average molecular weight is 286 g/mol. The molecule has 20 heavy (non-hydrogen) atoms. The van der Waals surface area contributed by atoms with Crippen molar-refractivity contribution in [2.24, 2.45) is 0 Å². The molecule has 0 bridgehead atoms. The zero-order chi connectivity index (χ0) is 13.6. The van der Waals surface area contributed by atoms with E-state index in [2.05, 4.69) is 27.1 Å². The molecule has 1 N–H and O–H groups in total. The highest BCUT2D eigenvalue weighted by molar-refractivity contribution is 7.09. The van der Waals surface area contributed by atoms with E-state index in [-0.39, 0.29) is 0 Å². The second kappa shape index (κ2) is 6.21. The maximum Gasteiger partial charge on any atom is 0.138 e. The van der Waals surface area contributed by atoms with Crippen molar-refractivity contribution in [3.05, 3.63) is 64.9 Å². The first-order valence-electron chi connectivity index (χ1n) is 6.23. The summed E-state index contributed by atoms with van der Waals surface area (Å²) in [7, 11) is 0. The first-order chi connectivity index (χ1) is 9.92. The zero-order valence-corrected chi connectivity index (χ0v) is 11.6. The van der Waals surface area contributed by atoms with Crippen molar-refractivity contribution >= 4 is 11.3 Å². The minimum absolute atomic E-state index is 0.599. The van der Waals surface area contributed by atoms with Crippen LogP contribution in [0.3, 0.4) is 0 Å². The SMILES string of the molecule is c1csc(COc2ccccc2CNn2cnnc2)c1. The lowest BCUT2D eigenvalue weighted by molar-refractivity contribution is 0.306. The van der Waals surface area contributed by atoms with Crippen LogP contribution in [-0.2, 0) is 13.2 Å². The monoisotopic (exact) mass is 286 g/mol. The summed E-state index contributed by atoms with van der Waals surface area (Å²) >= 11 is 1.70. The molecule has 0 fully saturated rings. The van der Waals surface area contributed by atoms with Gasteiger partial charge in [-0.1, -0.05) is 24.3 Å². The number of hydrogen-bond acceptors (Lipinski definition) is 5. The van der Waals surface area contributed by atoms with Crippen molar-refractivity contribution in [1.29, 1.82) is 0 Å². The molecule has 3 aromatic rings. The van der Waals surface area contributed by atoms with E-state index in [9.17, 15) is 0 Å². The Morgan fingerprint density at radius 2 is 1.95 bits per heavy atom. The van der Waals surface area contributed by atoms with Gasteiger partial charge in [-0.15, -0.1) is 21.5 Å². The van der Waals surface area contributed by atoms with Crippen LogP contribution in [0.1, 0.15) is 10.4 Å². The van der Waals surface area contributed by atoms with Gasteiger partial charge in [0.05, 0.1) is 6.54 Å². The molecule has 0 aliphatic carbocycles. The number of aromatic nitrogens is 3. The van der Waals surface area contributed by atoms with Crippen LogP contribution < -0.4 is 10.2 Å². The van der Waals surface area contributed by atoms with Crippen LogP contribution in [0.15, 0.2) is 54.4 Å². The Hall–Kier alpha value is -2.34. The zero-order valence-electron chi connectivity index (χ0n) is 10.8.